The van der Waals surface area contributed by atoms with Crippen molar-refractivity contribution in [2.24, 2.45) is 5.92 Å². The molecule has 4 nitrogen and oxygen atoms in total. The van der Waals surface area contributed by atoms with E-state index in [0.29, 0.717) is 19.1 Å². The molecule has 0 saturated carbocycles. The third kappa shape index (κ3) is 3.38. The summed E-state index contributed by atoms with van der Waals surface area (Å²) in [4.78, 5) is 13.2. The van der Waals surface area contributed by atoms with Gasteiger partial charge in [0.25, 0.3) is 0 Å². The fourth-order valence-electron chi connectivity index (χ4n) is 1.60. The molecule has 1 amide bonds. The van der Waals surface area contributed by atoms with Crippen molar-refractivity contribution in [3.63, 3.8) is 0 Å². The van der Waals surface area contributed by atoms with Crippen LogP contribution in [-0.2, 0) is 9.47 Å². The highest BCUT2D eigenvalue weighted by molar-refractivity contribution is 5.68. The van der Waals surface area contributed by atoms with Crippen LogP contribution in [0, 0.1) is 5.92 Å². The van der Waals surface area contributed by atoms with Gasteiger partial charge in [-0.15, -0.1) is 0 Å². The largest absolute Gasteiger partial charge is 0.441 e. The monoisotopic (exact) mass is 215 g/mol. The van der Waals surface area contributed by atoms with Crippen LogP contribution in [0.15, 0.2) is 0 Å². The Kier molecular flexibility index (Phi) is 4.88. The lowest BCUT2D eigenvalue weighted by atomic mass is 10.2. The number of carbonyl (C=O) groups excluding carboxylic acids is 1. The highest BCUT2D eigenvalue weighted by Crippen LogP contribution is 2.17. The van der Waals surface area contributed by atoms with E-state index in [1.165, 1.54) is 0 Å². The molecule has 2 aliphatic rings. The molecule has 0 aromatic rings. The normalized spacial score (nSPS) is 25.3. The number of nitrogens with zero attached hydrogens (tertiary/aromatic N) is 1. The van der Waals surface area contributed by atoms with Gasteiger partial charge in [0.15, 0.2) is 6.10 Å². The van der Waals surface area contributed by atoms with Crippen LogP contribution in [0.1, 0.15) is 27.2 Å². The summed E-state index contributed by atoms with van der Waals surface area (Å²) in [6.45, 7) is 8.96. The predicted molar refractivity (Wildman–Crippen MR) is 57.8 cm³/mol. The molecule has 88 valence electrons. The van der Waals surface area contributed by atoms with Crippen molar-refractivity contribution in [3.05, 3.63) is 0 Å². The Labute approximate surface area is 91.5 Å². The van der Waals surface area contributed by atoms with Gasteiger partial charge in [0.05, 0.1) is 13.2 Å². The summed E-state index contributed by atoms with van der Waals surface area (Å²) in [6, 6.07) is 0. The fourth-order valence-corrected chi connectivity index (χ4v) is 1.60. The van der Waals surface area contributed by atoms with E-state index in [-0.39, 0.29) is 12.2 Å². The second kappa shape index (κ2) is 5.95. The molecule has 2 saturated heterocycles. The molecule has 1 atom stereocenters. The maximum atomic E-state index is 11.4. The molecule has 0 bridgehead atoms. The van der Waals surface area contributed by atoms with Gasteiger partial charge >= 0.3 is 6.09 Å². The molecular formula is C11H21NO3. The number of carbonyl (C=O) groups is 1. The molecule has 0 aliphatic carbocycles. The Morgan fingerprint density at radius 1 is 1.40 bits per heavy atom. The van der Waals surface area contributed by atoms with E-state index in [2.05, 4.69) is 6.92 Å². The topological polar surface area (TPSA) is 38.8 Å². The molecule has 0 radical (unpaired) electrons. The van der Waals surface area contributed by atoms with Gasteiger partial charge in [0.1, 0.15) is 0 Å². The van der Waals surface area contributed by atoms with Gasteiger partial charge in [0, 0.05) is 13.1 Å². The summed E-state index contributed by atoms with van der Waals surface area (Å²) in [6.07, 6.45) is 0.928. The van der Waals surface area contributed by atoms with Crippen LogP contribution in [0.25, 0.3) is 0 Å². The smallest absolute Gasteiger partial charge is 0.410 e. The van der Waals surface area contributed by atoms with E-state index in [4.69, 9.17) is 9.47 Å². The number of hydrogen-bond donors (Lipinski definition) is 0. The van der Waals surface area contributed by atoms with E-state index in [1.807, 2.05) is 13.8 Å². The van der Waals surface area contributed by atoms with Crippen molar-refractivity contribution in [3.8, 4) is 0 Å². The predicted octanol–water partition coefficient (Wildman–Crippen LogP) is 1.89. The van der Waals surface area contributed by atoms with Crippen molar-refractivity contribution >= 4 is 6.09 Å². The molecule has 1 unspecified atom stereocenters. The molecule has 4 heteroatoms. The average molecular weight is 215 g/mol. The molecule has 0 aromatic carbocycles. The maximum Gasteiger partial charge on any atom is 0.410 e. The van der Waals surface area contributed by atoms with Gasteiger partial charge in [-0.1, -0.05) is 20.8 Å². The Balaban J connectivity index is 0.000000531. The van der Waals surface area contributed by atoms with Crippen LogP contribution in [-0.4, -0.2) is 43.4 Å². The fraction of sp³-hybridized carbons (Fsp3) is 0.909. The Morgan fingerprint density at radius 3 is 2.47 bits per heavy atom. The Hall–Kier alpha value is -0.770. The molecule has 0 aromatic heterocycles. The summed E-state index contributed by atoms with van der Waals surface area (Å²) in [7, 11) is 0. The van der Waals surface area contributed by atoms with Crippen LogP contribution in [0.5, 0.6) is 0 Å². The number of rotatable bonds is 1. The molecule has 2 fully saturated rings. The van der Waals surface area contributed by atoms with E-state index < -0.39 is 0 Å². The van der Waals surface area contributed by atoms with Crippen LogP contribution in [0.2, 0.25) is 0 Å². The average Bonchev–Trinajstić information content (AvgIpc) is 2.61. The minimum Gasteiger partial charge on any atom is -0.441 e. The summed E-state index contributed by atoms with van der Waals surface area (Å²) in [5.41, 5.74) is 0. The van der Waals surface area contributed by atoms with Crippen molar-refractivity contribution in [2.45, 2.75) is 33.3 Å². The second-order valence-electron chi connectivity index (χ2n) is 3.88. The quantitative estimate of drug-likeness (QED) is 0.670. The van der Waals surface area contributed by atoms with Gasteiger partial charge in [-0.3, -0.25) is 0 Å². The first-order chi connectivity index (χ1) is 7.25. The summed E-state index contributed by atoms with van der Waals surface area (Å²) < 4.78 is 10.1. The SMILES string of the molecule is CC.CC1CCN(C(=O)OC2COC2)C1. The molecule has 2 aliphatic heterocycles. The van der Waals surface area contributed by atoms with Gasteiger partial charge < -0.3 is 14.4 Å². The van der Waals surface area contributed by atoms with E-state index in [0.717, 1.165) is 19.5 Å². The Bertz CT molecular complexity index is 204. The first-order valence-corrected chi connectivity index (χ1v) is 5.79. The zero-order chi connectivity index (χ0) is 11.3. The van der Waals surface area contributed by atoms with Crippen LogP contribution in [0.4, 0.5) is 4.79 Å². The van der Waals surface area contributed by atoms with Gasteiger partial charge in [0.2, 0.25) is 0 Å². The standard InChI is InChI=1S/C9H15NO3.C2H6/c1-7-2-3-10(4-7)9(11)13-8-5-12-6-8;1-2/h7-8H,2-6H2,1H3;1-2H3. The van der Waals surface area contributed by atoms with Crippen molar-refractivity contribution in [1.29, 1.82) is 0 Å². The van der Waals surface area contributed by atoms with E-state index >= 15 is 0 Å². The highest BCUT2D eigenvalue weighted by atomic mass is 16.6. The van der Waals surface area contributed by atoms with Crippen molar-refractivity contribution < 1.29 is 14.3 Å². The van der Waals surface area contributed by atoms with Gasteiger partial charge in [-0.25, -0.2) is 4.79 Å². The minimum absolute atomic E-state index is 0.00315. The number of amides is 1. The van der Waals surface area contributed by atoms with Crippen LogP contribution < -0.4 is 0 Å². The van der Waals surface area contributed by atoms with Crippen LogP contribution >= 0.6 is 0 Å². The van der Waals surface area contributed by atoms with Gasteiger partial charge in [-0.2, -0.15) is 0 Å². The second-order valence-corrected chi connectivity index (χ2v) is 3.88. The number of likely N-dealkylation sites (tertiary alicyclic amines) is 1. The zero-order valence-corrected chi connectivity index (χ0v) is 9.86. The van der Waals surface area contributed by atoms with Gasteiger partial charge in [-0.05, 0) is 12.3 Å². The number of ether oxygens (including phenoxy) is 2. The van der Waals surface area contributed by atoms with E-state index in [1.54, 1.807) is 4.90 Å². The molecular weight excluding hydrogens is 194 g/mol. The minimum atomic E-state index is -0.169. The molecule has 0 N–H and O–H groups in total. The lowest BCUT2D eigenvalue weighted by Crippen LogP contribution is -2.41. The lowest BCUT2D eigenvalue weighted by molar-refractivity contribution is -0.104. The summed E-state index contributed by atoms with van der Waals surface area (Å²) in [5, 5.41) is 0. The van der Waals surface area contributed by atoms with Crippen molar-refractivity contribution in [2.75, 3.05) is 26.3 Å². The van der Waals surface area contributed by atoms with Crippen LogP contribution in [0.3, 0.4) is 0 Å². The van der Waals surface area contributed by atoms with Crippen molar-refractivity contribution in [1.82, 2.24) is 4.90 Å². The zero-order valence-electron chi connectivity index (χ0n) is 9.86. The third-order valence-electron chi connectivity index (χ3n) is 2.56. The molecule has 2 heterocycles. The summed E-state index contributed by atoms with van der Waals surface area (Å²) in [5.74, 6) is 0.616. The lowest BCUT2D eigenvalue weighted by Gasteiger charge is -2.27. The summed E-state index contributed by atoms with van der Waals surface area (Å²) >= 11 is 0. The highest BCUT2D eigenvalue weighted by Gasteiger charge is 2.29. The maximum absolute atomic E-state index is 11.4. The molecule has 15 heavy (non-hydrogen) atoms. The van der Waals surface area contributed by atoms with E-state index in [9.17, 15) is 4.79 Å². The first kappa shape index (κ1) is 12.3. The first-order valence-electron chi connectivity index (χ1n) is 5.79. The third-order valence-corrected chi connectivity index (χ3v) is 2.56. The Morgan fingerprint density at radius 2 is 2.07 bits per heavy atom. The molecule has 0 spiro atoms. The number of hydrogen-bond acceptors (Lipinski definition) is 3. The molecule has 2 rings (SSSR count).